The fraction of sp³-hybridized carbons (Fsp3) is 0.278. The molecule has 0 saturated heterocycles. The summed E-state index contributed by atoms with van der Waals surface area (Å²) in [6, 6.07) is 10.1. The minimum absolute atomic E-state index is 0.00545. The quantitative estimate of drug-likeness (QED) is 0.844. The number of carbonyl (C=O) groups excluding carboxylic acids is 1. The monoisotopic (exact) mass is 319 g/mol. The molecule has 0 spiro atoms. The lowest BCUT2D eigenvalue weighted by Gasteiger charge is -2.16. The van der Waals surface area contributed by atoms with Gasteiger partial charge >= 0.3 is 0 Å². The second kappa shape index (κ2) is 7.41. The van der Waals surface area contributed by atoms with Crippen molar-refractivity contribution in [2.75, 3.05) is 5.32 Å². The number of hydrogen-bond acceptors (Lipinski definition) is 1. The highest BCUT2D eigenvalue weighted by atomic mass is 35.5. The van der Waals surface area contributed by atoms with Crippen LogP contribution in [0.2, 0.25) is 5.02 Å². The van der Waals surface area contributed by atoms with Gasteiger partial charge in [0.25, 0.3) is 0 Å². The van der Waals surface area contributed by atoms with Crippen LogP contribution in [0, 0.1) is 5.82 Å². The Bertz CT molecular complexity index is 685. The van der Waals surface area contributed by atoms with E-state index < -0.39 is 0 Å². The Hall–Kier alpha value is -1.87. The largest absolute Gasteiger partial charge is 0.325 e. The van der Waals surface area contributed by atoms with Crippen LogP contribution in [0.1, 0.15) is 30.5 Å². The van der Waals surface area contributed by atoms with Crippen LogP contribution < -0.4 is 5.32 Å². The number of anilines is 1. The minimum atomic E-state index is -0.366. The molecular weight excluding hydrogens is 301 g/mol. The average molecular weight is 320 g/mol. The molecule has 0 saturated carbocycles. The van der Waals surface area contributed by atoms with Gasteiger partial charge in [-0.25, -0.2) is 4.39 Å². The van der Waals surface area contributed by atoms with Gasteiger partial charge in [0.2, 0.25) is 5.91 Å². The zero-order valence-corrected chi connectivity index (χ0v) is 13.5. The molecule has 0 atom stereocenters. The summed E-state index contributed by atoms with van der Waals surface area (Å²) in [7, 11) is 0. The van der Waals surface area contributed by atoms with Crippen molar-refractivity contribution in [2.45, 2.75) is 33.1 Å². The first-order valence-corrected chi connectivity index (χ1v) is 7.78. The summed E-state index contributed by atoms with van der Waals surface area (Å²) in [6.45, 7) is 4.02. The third-order valence-electron chi connectivity index (χ3n) is 3.65. The van der Waals surface area contributed by atoms with Crippen LogP contribution in [0.25, 0.3) is 0 Å². The maximum Gasteiger partial charge on any atom is 0.228 e. The Labute approximate surface area is 135 Å². The van der Waals surface area contributed by atoms with E-state index in [1.165, 1.54) is 6.07 Å². The molecule has 0 fully saturated rings. The molecule has 2 nitrogen and oxygen atoms in total. The molecule has 116 valence electrons. The Morgan fingerprint density at radius 1 is 1.09 bits per heavy atom. The van der Waals surface area contributed by atoms with Crippen LogP contribution in [0.3, 0.4) is 0 Å². The highest BCUT2D eigenvalue weighted by molar-refractivity contribution is 6.32. The van der Waals surface area contributed by atoms with Crippen LogP contribution in [0.4, 0.5) is 10.1 Å². The van der Waals surface area contributed by atoms with E-state index in [0.717, 1.165) is 29.7 Å². The summed E-state index contributed by atoms with van der Waals surface area (Å²) in [6.07, 6.45) is 1.52. The van der Waals surface area contributed by atoms with Gasteiger partial charge in [0, 0.05) is 10.7 Å². The van der Waals surface area contributed by atoms with Gasteiger partial charge in [-0.05, 0) is 41.7 Å². The van der Waals surface area contributed by atoms with Gasteiger partial charge in [-0.1, -0.05) is 49.7 Å². The number of nitrogens with one attached hydrogen (secondary N) is 1. The summed E-state index contributed by atoms with van der Waals surface area (Å²) in [4.78, 5) is 12.3. The van der Waals surface area contributed by atoms with Crippen molar-refractivity contribution < 1.29 is 9.18 Å². The zero-order valence-electron chi connectivity index (χ0n) is 12.7. The SMILES string of the molecule is CCc1ccc(Cl)c(CC)c1NC(=O)Cc1ccccc1F. The molecule has 2 aromatic carbocycles. The van der Waals surface area contributed by atoms with E-state index in [0.29, 0.717) is 10.6 Å². The maximum atomic E-state index is 13.6. The lowest BCUT2D eigenvalue weighted by molar-refractivity contribution is -0.115. The number of carbonyl (C=O) groups is 1. The van der Waals surface area contributed by atoms with Crippen molar-refractivity contribution >= 4 is 23.2 Å². The van der Waals surface area contributed by atoms with Gasteiger partial charge in [-0.15, -0.1) is 0 Å². The Kier molecular flexibility index (Phi) is 5.56. The second-order valence-electron chi connectivity index (χ2n) is 5.08. The lowest BCUT2D eigenvalue weighted by Crippen LogP contribution is -2.17. The van der Waals surface area contributed by atoms with Gasteiger partial charge in [0.1, 0.15) is 5.82 Å². The van der Waals surface area contributed by atoms with Crippen molar-refractivity contribution in [1.29, 1.82) is 0 Å². The average Bonchev–Trinajstić information content (AvgIpc) is 2.50. The molecule has 2 rings (SSSR count). The highest BCUT2D eigenvalue weighted by Gasteiger charge is 2.14. The predicted octanol–water partition coefficient (Wildman–Crippen LogP) is 4.79. The maximum absolute atomic E-state index is 13.6. The molecular formula is C18H19ClFNO. The number of amides is 1. The molecule has 0 aliphatic heterocycles. The number of aryl methyl sites for hydroxylation is 1. The fourth-order valence-corrected chi connectivity index (χ4v) is 2.76. The van der Waals surface area contributed by atoms with E-state index in [1.807, 2.05) is 26.0 Å². The number of halogens is 2. The standard InChI is InChI=1S/C18H19ClFNO/c1-3-12-9-10-15(19)14(4-2)18(12)21-17(22)11-13-7-5-6-8-16(13)20/h5-10H,3-4,11H2,1-2H3,(H,21,22). The third-order valence-corrected chi connectivity index (χ3v) is 4.00. The third kappa shape index (κ3) is 3.66. The smallest absolute Gasteiger partial charge is 0.228 e. The molecule has 4 heteroatoms. The van der Waals surface area contributed by atoms with Crippen LogP contribution in [0.15, 0.2) is 36.4 Å². The molecule has 0 unspecified atom stereocenters. The molecule has 0 aromatic heterocycles. The van der Waals surface area contributed by atoms with Crippen molar-refractivity contribution in [1.82, 2.24) is 0 Å². The highest BCUT2D eigenvalue weighted by Crippen LogP contribution is 2.29. The minimum Gasteiger partial charge on any atom is -0.325 e. The first-order valence-electron chi connectivity index (χ1n) is 7.40. The number of benzene rings is 2. The van der Waals surface area contributed by atoms with Crippen molar-refractivity contribution in [2.24, 2.45) is 0 Å². The molecule has 2 aromatic rings. The Morgan fingerprint density at radius 3 is 2.45 bits per heavy atom. The Balaban J connectivity index is 2.25. The summed E-state index contributed by atoms with van der Waals surface area (Å²) >= 11 is 6.22. The molecule has 0 radical (unpaired) electrons. The van der Waals surface area contributed by atoms with Crippen molar-refractivity contribution in [3.8, 4) is 0 Å². The summed E-state index contributed by atoms with van der Waals surface area (Å²) < 4.78 is 13.6. The molecule has 0 heterocycles. The first kappa shape index (κ1) is 16.5. The van der Waals surface area contributed by atoms with Gasteiger partial charge in [0.15, 0.2) is 0 Å². The second-order valence-corrected chi connectivity index (χ2v) is 5.49. The predicted molar refractivity (Wildman–Crippen MR) is 88.9 cm³/mol. The van der Waals surface area contributed by atoms with Crippen LogP contribution in [-0.2, 0) is 24.1 Å². The van der Waals surface area contributed by atoms with Gasteiger partial charge in [-0.2, -0.15) is 0 Å². The van der Waals surface area contributed by atoms with Gasteiger partial charge < -0.3 is 5.32 Å². The van der Waals surface area contributed by atoms with E-state index in [1.54, 1.807) is 18.2 Å². The van der Waals surface area contributed by atoms with Gasteiger partial charge in [0.05, 0.1) is 6.42 Å². The van der Waals surface area contributed by atoms with E-state index in [9.17, 15) is 9.18 Å². The van der Waals surface area contributed by atoms with Gasteiger partial charge in [-0.3, -0.25) is 4.79 Å². The van der Waals surface area contributed by atoms with Crippen molar-refractivity contribution in [3.63, 3.8) is 0 Å². The summed E-state index contributed by atoms with van der Waals surface area (Å²) in [5.41, 5.74) is 3.10. The van der Waals surface area contributed by atoms with Crippen molar-refractivity contribution in [3.05, 3.63) is 63.9 Å². The molecule has 0 bridgehead atoms. The molecule has 1 N–H and O–H groups in total. The van der Waals surface area contributed by atoms with E-state index >= 15 is 0 Å². The summed E-state index contributed by atoms with van der Waals surface area (Å²) in [5, 5.41) is 3.55. The number of hydrogen-bond donors (Lipinski definition) is 1. The van der Waals surface area contributed by atoms with E-state index in [4.69, 9.17) is 11.6 Å². The van der Waals surface area contributed by atoms with E-state index in [2.05, 4.69) is 5.32 Å². The molecule has 1 amide bonds. The van der Waals surface area contributed by atoms with E-state index in [-0.39, 0.29) is 18.1 Å². The zero-order chi connectivity index (χ0) is 16.1. The summed E-state index contributed by atoms with van der Waals surface area (Å²) in [5.74, 6) is -0.605. The normalized spacial score (nSPS) is 10.5. The Morgan fingerprint density at radius 2 is 1.82 bits per heavy atom. The fourth-order valence-electron chi connectivity index (χ4n) is 2.47. The molecule has 22 heavy (non-hydrogen) atoms. The van der Waals surface area contributed by atoms with Crippen LogP contribution in [-0.4, -0.2) is 5.91 Å². The number of rotatable bonds is 5. The molecule has 0 aliphatic rings. The van der Waals surface area contributed by atoms with Crippen LogP contribution in [0.5, 0.6) is 0 Å². The first-order chi connectivity index (χ1) is 10.6. The lowest BCUT2D eigenvalue weighted by atomic mass is 10.0. The molecule has 0 aliphatic carbocycles. The van der Waals surface area contributed by atoms with Crippen LogP contribution >= 0.6 is 11.6 Å². The topological polar surface area (TPSA) is 29.1 Å².